The molecule has 1 atom stereocenters. The van der Waals surface area contributed by atoms with Crippen LogP contribution in [0.5, 0.6) is 0 Å². The molecular formula is C20H28ClN5O3. The number of hydrogen-bond donors (Lipinski definition) is 2. The molecule has 0 bridgehead atoms. The fourth-order valence-corrected chi connectivity index (χ4v) is 3.09. The van der Waals surface area contributed by atoms with Crippen LogP contribution in [0.15, 0.2) is 33.8 Å². The fraction of sp³-hybridized carbons (Fsp3) is 0.550. The smallest absolute Gasteiger partial charge is 0.248 e. The van der Waals surface area contributed by atoms with Gasteiger partial charge in [0.1, 0.15) is 6.54 Å². The molecule has 29 heavy (non-hydrogen) atoms. The number of hydrogen-bond acceptors (Lipinski definition) is 6. The van der Waals surface area contributed by atoms with Crippen molar-refractivity contribution in [2.75, 3.05) is 39.5 Å². The van der Waals surface area contributed by atoms with Gasteiger partial charge in [0.2, 0.25) is 11.7 Å². The maximum atomic E-state index is 6.01. The molecule has 1 aliphatic rings. The molecule has 0 radical (unpaired) electrons. The van der Waals surface area contributed by atoms with Crippen LogP contribution < -0.4 is 10.6 Å². The number of rotatable bonds is 10. The maximum absolute atomic E-state index is 6.01. The highest BCUT2D eigenvalue weighted by Crippen LogP contribution is 2.20. The summed E-state index contributed by atoms with van der Waals surface area (Å²) in [5, 5.41) is 11.1. The predicted molar refractivity (Wildman–Crippen MR) is 112 cm³/mol. The number of benzene rings is 1. The van der Waals surface area contributed by atoms with Crippen LogP contribution in [-0.2, 0) is 16.0 Å². The molecule has 0 spiro atoms. The Bertz CT molecular complexity index is 777. The first-order valence-electron chi connectivity index (χ1n) is 10.0. The molecule has 2 N–H and O–H groups in total. The Balaban J connectivity index is 1.41. The van der Waals surface area contributed by atoms with Gasteiger partial charge in [0.15, 0.2) is 5.96 Å². The number of nitrogens with one attached hydrogen (secondary N) is 2. The standard InChI is InChI=1S/C20H28ClN5O3/c1-2-22-20(23-8-4-9-27-13-15-7-10-28-14-15)24-12-18-25-19(26-29-18)16-5-3-6-17(21)11-16/h3,5-6,11,15H,2,4,7-10,12-14H2,1H3,(H2,22,23,24). The number of guanidine groups is 1. The molecule has 0 aliphatic carbocycles. The van der Waals surface area contributed by atoms with E-state index in [-0.39, 0.29) is 0 Å². The van der Waals surface area contributed by atoms with Crippen LogP contribution in [0.1, 0.15) is 25.7 Å². The van der Waals surface area contributed by atoms with E-state index in [9.17, 15) is 0 Å². The zero-order valence-corrected chi connectivity index (χ0v) is 17.5. The molecule has 158 valence electrons. The van der Waals surface area contributed by atoms with Gasteiger partial charge in [-0.25, -0.2) is 4.99 Å². The maximum Gasteiger partial charge on any atom is 0.248 e. The van der Waals surface area contributed by atoms with Crippen molar-refractivity contribution < 1.29 is 14.0 Å². The number of nitrogens with zero attached hydrogens (tertiary/aromatic N) is 3. The minimum absolute atomic E-state index is 0.293. The van der Waals surface area contributed by atoms with Crippen molar-refractivity contribution in [3.8, 4) is 11.4 Å². The summed E-state index contributed by atoms with van der Waals surface area (Å²) in [6.45, 7) is 7.03. The first-order valence-corrected chi connectivity index (χ1v) is 10.4. The SMILES string of the molecule is CCNC(=NCc1nc(-c2cccc(Cl)c2)no1)NCCCOCC1CCOC1. The summed E-state index contributed by atoms with van der Waals surface area (Å²) >= 11 is 6.01. The van der Waals surface area contributed by atoms with Crippen molar-refractivity contribution >= 4 is 17.6 Å². The Hall–Kier alpha value is -2.16. The van der Waals surface area contributed by atoms with Crippen molar-refractivity contribution in [2.45, 2.75) is 26.3 Å². The summed E-state index contributed by atoms with van der Waals surface area (Å²) in [7, 11) is 0. The minimum Gasteiger partial charge on any atom is -0.381 e. The van der Waals surface area contributed by atoms with Gasteiger partial charge in [-0.2, -0.15) is 4.98 Å². The Morgan fingerprint density at radius 1 is 1.38 bits per heavy atom. The van der Waals surface area contributed by atoms with E-state index in [2.05, 4.69) is 25.8 Å². The van der Waals surface area contributed by atoms with E-state index in [4.69, 9.17) is 25.6 Å². The van der Waals surface area contributed by atoms with Crippen LogP contribution >= 0.6 is 11.6 Å². The second kappa shape index (κ2) is 11.7. The first kappa shape index (κ1) is 21.5. The van der Waals surface area contributed by atoms with Gasteiger partial charge >= 0.3 is 0 Å². The third-order valence-electron chi connectivity index (χ3n) is 4.40. The molecule has 1 aliphatic heterocycles. The second-order valence-corrected chi connectivity index (χ2v) is 7.24. The normalized spacial score (nSPS) is 16.9. The summed E-state index contributed by atoms with van der Waals surface area (Å²) in [5.74, 6) is 2.20. The van der Waals surface area contributed by atoms with Crippen LogP contribution in [0, 0.1) is 5.92 Å². The summed E-state index contributed by atoms with van der Waals surface area (Å²) < 4.78 is 16.4. The van der Waals surface area contributed by atoms with Gasteiger partial charge in [0.05, 0.1) is 13.2 Å². The van der Waals surface area contributed by atoms with E-state index in [0.29, 0.717) is 35.2 Å². The Morgan fingerprint density at radius 3 is 3.10 bits per heavy atom. The number of aromatic nitrogens is 2. The minimum atomic E-state index is 0.293. The highest BCUT2D eigenvalue weighted by atomic mass is 35.5. The molecule has 1 aromatic carbocycles. The van der Waals surface area contributed by atoms with E-state index >= 15 is 0 Å². The van der Waals surface area contributed by atoms with Crippen LogP contribution in [0.25, 0.3) is 11.4 Å². The summed E-state index contributed by atoms with van der Waals surface area (Å²) in [4.78, 5) is 8.89. The van der Waals surface area contributed by atoms with Crippen molar-refractivity contribution in [2.24, 2.45) is 10.9 Å². The summed E-state index contributed by atoms with van der Waals surface area (Å²) in [6, 6.07) is 7.34. The zero-order chi connectivity index (χ0) is 20.3. The van der Waals surface area contributed by atoms with E-state index < -0.39 is 0 Å². The topological polar surface area (TPSA) is 93.8 Å². The largest absolute Gasteiger partial charge is 0.381 e. The molecule has 0 amide bonds. The quantitative estimate of drug-likeness (QED) is 0.346. The van der Waals surface area contributed by atoms with Gasteiger partial charge in [-0.05, 0) is 31.9 Å². The lowest BCUT2D eigenvalue weighted by Gasteiger charge is -2.12. The molecule has 1 fully saturated rings. The summed E-state index contributed by atoms with van der Waals surface area (Å²) in [6.07, 6.45) is 2.00. The number of halogens is 1. The third-order valence-corrected chi connectivity index (χ3v) is 4.64. The molecule has 9 heteroatoms. The van der Waals surface area contributed by atoms with E-state index in [1.54, 1.807) is 12.1 Å². The highest BCUT2D eigenvalue weighted by Gasteiger charge is 2.15. The van der Waals surface area contributed by atoms with Gasteiger partial charge in [-0.3, -0.25) is 0 Å². The van der Waals surface area contributed by atoms with Crippen LogP contribution in [0.4, 0.5) is 0 Å². The van der Waals surface area contributed by atoms with E-state index in [1.165, 1.54) is 0 Å². The lowest BCUT2D eigenvalue weighted by Crippen LogP contribution is -2.38. The Labute approximate surface area is 176 Å². The zero-order valence-electron chi connectivity index (χ0n) is 16.7. The van der Waals surface area contributed by atoms with Crippen LogP contribution in [0.3, 0.4) is 0 Å². The van der Waals surface area contributed by atoms with Crippen molar-refractivity contribution in [1.82, 2.24) is 20.8 Å². The lowest BCUT2D eigenvalue weighted by atomic mass is 10.1. The molecule has 8 nitrogen and oxygen atoms in total. The van der Waals surface area contributed by atoms with Gasteiger partial charge in [-0.1, -0.05) is 28.9 Å². The molecule has 0 saturated carbocycles. The summed E-state index contributed by atoms with van der Waals surface area (Å²) in [5.41, 5.74) is 0.811. The molecule has 1 aromatic heterocycles. The van der Waals surface area contributed by atoms with Crippen molar-refractivity contribution in [3.63, 3.8) is 0 Å². The monoisotopic (exact) mass is 421 g/mol. The number of aliphatic imine (C=N–C) groups is 1. The third kappa shape index (κ3) is 7.30. The average Bonchev–Trinajstić information content (AvgIpc) is 3.40. The molecular weight excluding hydrogens is 394 g/mol. The van der Waals surface area contributed by atoms with Gasteiger partial charge in [0, 0.05) is 42.8 Å². The fourth-order valence-electron chi connectivity index (χ4n) is 2.90. The highest BCUT2D eigenvalue weighted by molar-refractivity contribution is 6.30. The van der Waals surface area contributed by atoms with Crippen LogP contribution in [-0.4, -0.2) is 55.6 Å². The van der Waals surface area contributed by atoms with Crippen molar-refractivity contribution in [3.05, 3.63) is 35.2 Å². The molecule has 2 heterocycles. The molecule has 2 aromatic rings. The van der Waals surface area contributed by atoms with Gasteiger partial charge < -0.3 is 24.6 Å². The predicted octanol–water partition coefficient (Wildman–Crippen LogP) is 2.89. The average molecular weight is 422 g/mol. The van der Waals surface area contributed by atoms with Crippen molar-refractivity contribution in [1.29, 1.82) is 0 Å². The Kier molecular flexibility index (Phi) is 8.73. The molecule has 1 saturated heterocycles. The van der Waals surface area contributed by atoms with Crippen LogP contribution in [0.2, 0.25) is 5.02 Å². The van der Waals surface area contributed by atoms with E-state index in [0.717, 1.165) is 57.9 Å². The Morgan fingerprint density at radius 2 is 2.31 bits per heavy atom. The van der Waals surface area contributed by atoms with Gasteiger partial charge in [0.25, 0.3) is 0 Å². The first-order chi connectivity index (χ1) is 14.2. The molecule has 1 unspecified atom stereocenters. The molecule has 3 rings (SSSR count). The van der Waals surface area contributed by atoms with E-state index in [1.807, 2.05) is 19.1 Å². The number of ether oxygens (including phenoxy) is 2. The van der Waals surface area contributed by atoms with Gasteiger partial charge in [-0.15, -0.1) is 0 Å². The second-order valence-electron chi connectivity index (χ2n) is 6.80. The lowest BCUT2D eigenvalue weighted by molar-refractivity contribution is 0.0888.